The van der Waals surface area contributed by atoms with Gasteiger partial charge in [0.25, 0.3) is 0 Å². The summed E-state index contributed by atoms with van der Waals surface area (Å²) in [5.41, 5.74) is 1.33. The van der Waals surface area contributed by atoms with E-state index in [4.69, 9.17) is 4.74 Å². The van der Waals surface area contributed by atoms with Crippen molar-refractivity contribution < 1.29 is 9.53 Å². The first-order valence-corrected chi connectivity index (χ1v) is 9.71. The number of anilines is 1. The van der Waals surface area contributed by atoms with Gasteiger partial charge < -0.3 is 19.9 Å². The van der Waals surface area contributed by atoms with Crippen LogP contribution in [0.3, 0.4) is 0 Å². The van der Waals surface area contributed by atoms with Crippen LogP contribution in [0.1, 0.15) is 39.1 Å². The van der Waals surface area contributed by atoms with E-state index in [0.29, 0.717) is 18.2 Å². The van der Waals surface area contributed by atoms with E-state index in [1.807, 2.05) is 56.5 Å². The Morgan fingerprint density at radius 2 is 1.90 bits per heavy atom. The number of aromatic nitrogens is 3. The summed E-state index contributed by atoms with van der Waals surface area (Å²) in [6, 6.07) is 7.69. The summed E-state index contributed by atoms with van der Waals surface area (Å²) in [5.74, 6) is 1.57. The molecule has 30 heavy (non-hydrogen) atoms. The van der Waals surface area contributed by atoms with E-state index in [-0.39, 0.29) is 24.0 Å². The molecule has 0 aliphatic carbocycles. The van der Waals surface area contributed by atoms with Gasteiger partial charge in [-0.3, -0.25) is 10.3 Å². The smallest absolute Gasteiger partial charge is 0.412 e. The minimum Gasteiger partial charge on any atom is -0.444 e. The molecule has 0 radical (unpaired) electrons. The molecule has 0 spiro atoms. The number of nitrogens with one attached hydrogen (secondary N) is 3. The predicted octanol–water partition coefficient (Wildman–Crippen LogP) is 3.17. The largest absolute Gasteiger partial charge is 0.444 e. The summed E-state index contributed by atoms with van der Waals surface area (Å²) < 4.78 is 7.23. The fraction of sp³-hybridized carbons (Fsp3) is 0.500. The Bertz CT molecular complexity index is 813. The molecule has 1 aromatic carbocycles. The molecule has 0 unspecified atom stereocenters. The summed E-state index contributed by atoms with van der Waals surface area (Å²) in [7, 11) is 1.73. The zero-order valence-electron chi connectivity index (χ0n) is 18.2. The first-order valence-electron chi connectivity index (χ1n) is 9.71. The number of hydrogen-bond acceptors (Lipinski definition) is 5. The predicted molar refractivity (Wildman–Crippen MR) is 129 cm³/mol. The number of amides is 1. The number of rotatable bonds is 7. The van der Waals surface area contributed by atoms with Crippen LogP contribution in [-0.4, -0.2) is 46.0 Å². The van der Waals surface area contributed by atoms with Gasteiger partial charge in [0, 0.05) is 25.8 Å². The second kappa shape index (κ2) is 12.4. The van der Waals surface area contributed by atoms with Crippen molar-refractivity contribution >= 4 is 41.7 Å². The molecule has 166 valence electrons. The van der Waals surface area contributed by atoms with Crippen molar-refractivity contribution in [1.29, 1.82) is 0 Å². The van der Waals surface area contributed by atoms with Crippen LogP contribution in [0.4, 0.5) is 10.5 Å². The number of guanidine groups is 1. The van der Waals surface area contributed by atoms with Crippen LogP contribution < -0.4 is 16.0 Å². The van der Waals surface area contributed by atoms with Gasteiger partial charge in [-0.25, -0.2) is 4.79 Å². The molecule has 10 heteroatoms. The Hall–Kier alpha value is -2.37. The minimum absolute atomic E-state index is 0. The fourth-order valence-corrected chi connectivity index (χ4v) is 2.56. The third kappa shape index (κ3) is 8.97. The Morgan fingerprint density at radius 1 is 1.20 bits per heavy atom. The van der Waals surface area contributed by atoms with Crippen molar-refractivity contribution in [3.63, 3.8) is 0 Å². The normalized spacial score (nSPS) is 11.4. The van der Waals surface area contributed by atoms with Crippen molar-refractivity contribution in [2.24, 2.45) is 4.99 Å². The van der Waals surface area contributed by atoms with Crippen LogP contribution in [-0.2, 0) is 24.2 Å². The van der Waals surface area contributed by atoms with Gasteiger partial charge in [-0.1, -0.05) is 12.1 Å². The number of benzene rings is 1. The molecule has 0 saturated carbocycles. The second-order valence-electron chi connectivity index (χ2n) is 7.46. The quantitative estimate of drug-likeness (QED) is 0.289. The fourth-order valence-electron chi connectivity index (χ4n) is 2.56. The van der Waals surface area contributed by atoms with Crippen molar-refractivity contribution in [2.75, 3.05) is 18.9 Å². The van der Waals surface area contributed by atoms with Crippen molar-refractivity contribution in [3.05, 3.63) is 42.0 Å². The maximum absolute atomic E-state index is 11.8. The van der Waals surface area contributed by atoms with Crippen LogP contribution in [0.2, 0.25) is 0 Å². The maximum atomic E-state index is 11.8. The van der Waals surface area contributed by atoms with E-state index >= 15 is 0 Å². The zero-order chi connectivity index (χ0) is 21.3. The van der Waals surface area contributed by atoms with Gasteiger partial charge in [-0.2, -0.15) is 0 Å². The standard InChI is InChI=1S/C20H31N7O2.HI/c1-6-27-14-24-26-17(27)13-23-18(21-5)22-12-11-15-7-9-16(10-8-15)25-19(28)29-20(2,3)4;/h7-10,14H,6,11-13H2,1-5H3,(H,25,28)(H2,21,22,23);1H. The molecular weight excluding hydrogens is 497 g/mol. The van der Waals surface area contributed by atoms with E-state index in [1.54, 1.807) is 13.4 Å². The average molecular weight is 529 g/mol. The molecule has 0 saturated heterocycles. The summed E-state index contributed by atoms with van der Waals surface area (Å²) >= 11 is 0. The molecule has 1 aromatic heterocycles. The molecule has 2 rings (SSSR count). The molecule has 0 aliphatic heterocycles. The summed E-state index contributed by atoms with van der Waals surface area (Å²) in [5, 5.41) is 17.3. The molecule has 0 fully saturated rings. The molecule has 0 bridgehead atoms. The Balaban J connectivity index is 0.00000450. The number of halogens is 1. The van der Waals surface area contributed by atoms with Crippen LogP contribution in [0.5, 0.6) is 0 Å². The summed E-state index contributed by atoms with van der Waals surface area (Å²) in [6.07, 6.45) is 2.08. The second-order valence-corrected chi connectivity index (χ2v) is 7.46. The highest BCUT2D eigenvalue weighted by molar-refractivity contribution is 14.0. The minimum atomic E-state index is -0.519. The van der Waals surface area contributed by atoms with Gasteiger partial charge in [-0.05, 0) is 51.8 Å². The molecular formula is C20H32IN7O2. The monoisotopic (exact) mass is 529 g/mol. The van der Waals surface area contributed by atoms with Crippen LogP contribution in [0.25, 0.3) is 0 Å². The molecule has 0 atom stereocenters. The summed E-state index contributed by atoms with van der Waals surface area (Å²) in [6.45, 7) is 9.65. The van der Waals surface area contributed by atoms with Crippen molar-refractivity contribution in [3.8, 4) is 0 Å². The average Bonchev–Trinajstić information content (AvgIpc) is 3.12. The lowest BCUT2D eigenvalue weighted by Crippen LogP contribution is -2.38. The number of carbonyl (C=O) groups excluding carboxylic acids is 1. The number of ether oxygens (including phenoxy) is 1. The Kier molecular flexibility index (Phi) is 10.6. The van der Waals surface area contributed by atoms with Crippen molar-refractivity contribution in [2.45, 2.75) is 52.8 Å². The molecule has 0 aliphatic rings. The third-order valence-electron chi connectivity index (χ3n) is 3.98. The van der Waals surface area contributed by atoms with Crippen molar-refractivity contribution in [1.82, 2.24) is 25.4 Å². The Labute approximate surface area is 195 Å². The first-order chi connectivity index (χ1) is 13.8. The highest BCUT2D eigenvalue weighted by Crippen LogP contribution is 2.13. The first kappa shape index (κ1) is 25.7. The van der Waals surface area contributed by atoms with E-state index in [2.05, 4.69) is 31.1 Å². The van der Waals surface area contributed by atoms with Gasteiger partial charge >= 0.3 is 6.09 Å². The van der Waals surface area contributed by atoms with Crippen LogP contribution in [0, 0.1) is 0 Å². The van der Waals surface area contributed by atoms with E-state index in [0.717, 1.165) is 30.9 Å². The number of nitrogens with zero attached hydrogens (tertiary/aromatic N) is 4. The summed E-state index contributed by atoms with van der Waals surface area (Å²) in [4.78, 5) is 16.0. The number of aliphatic imine (C=N–C) groups is 1. The molecule has 1 heterocycles. The van der Waals surface area contributed by atoms with E-state index in [1.165, 1.54) is 0 Å². The van der Waals surface area contributed by atoms with Crippen LogP contribution in [0.15, 0.2) is 35.6 Å². The Morgan fingerprint density at radius 3 is 2.50 bits per heavy atom. The molecule has 2 aromatic rings. The van der Waals surface area contributed by atoms with Crippen LogP contribution >= 0.6 is 24.0 Å². The third-order valence-corrected chi connectivity index (χ3v) is 3.98. The van der Waals surface area contributed by atoms with E-state index < -0.39 is 11.7 Å². The highest BCUT2D eigenvalue weighted by Gasteiger charge is 2.16. The lowest BCUT2D eigenvalue weighted by Gasteiger charge is -2.19. The van der Waals surface area contributed by atoms with Gasteiger partial charge in [0.15, 0.2) is 11.8 Å². The highest BCUT2D eigenvalue weighted by atomic mass is 127. The van der Waals surface area contributed by atoms with Gasteiger partial charge in [0.2, 0.25) is 0 Å². The number of aryl methyl sites for hydroxylation is 1. The maximum Gasteiger partial charge on any atom is 0.412 e. The lowest BCUT2D eigenvalue weighted by atomic mass is 10.1. The number of carbonyl (C=O) groups is 1. The zero-order valence-corrected chi connectivity index (χ0v) is 20.6. The molecule has 1 amide bonds. The topological polar surface area (TPSA) is 105 Å². The SMILES string of the molecule is CCn1cnnc1CNC(=NC)NCCc1ccc(NC(=O)OC(C)(C)C)cc1.I. The molecule has 9 nitrogen and oxygen atoms in total. The lowest BCUT2D eigenvalue weighted by molar-refractivity contribution is 0.0636. The van der Waals surface area contributed by atoms with E-state index in [9.17, 15) is 4.79 Å². The van der Waals surface area contributed by atoms with Gasteiger partial charge in [0.05, 0.1) is 6.54 Å². The molecule has 3 N–H and O–H groups in total. The van der Waals surface area contributed by atoms with Gasteiger partial charge in [-0.15, -0.1) is 34.2 Å². The van der Waals surface area contributed by atoms with Gasteiger partial charge in [0.1, 0.15) is 11.9 Å². The number of hydrogen-bond donors (Lipinski definition) is 3.